The van der Waals surface area contributed by atoms with Crippen LogP contribution in [0.2, 0.25) is 0 Å². The number of nitriles is 1. The minimum atomic E-state index is -3.49. The summed E-state index contributed by atoms with van der Waals surface area (Å²) in [5.74, 6) is 0.873. The van der Waals surface area contributed by atoms with Crippen LogP contribution in [0.15, 0.2) is 18.2 Å². The first kappa shape index (κ1) is 13.6. The molecule has 0 saturated carbocycles. The van der Waals surface area contributed by atoms with E-state index in [2.05, 4.69) is 4.72 Å². The summed E-state index contributed by atoms with van der Waals surface area (Å²) in [6, 6.07) is 7.13. The zero-order valence-corrected chi connectivity index (χ0v) is 11.1. The lowest BCUT2D eigenvalue weighted by Crippen LogP contribution is -2.27. The van der Waals surface area contributed by atoms with Crippen molar-refractivity contribution >= 4 is 10.0 Å². The molecule has 1 aromatic carbocycles. The van der Waals surface area contributed by atoms with E-state index in [4.69, 9.17) is 14.7 Å². The van der Waals surface area contributed by atoms with Crippen LogP contribution in [-0.4, -0.2) is 33.9 Å². The number of sulfonamides is 1. The molecular weight excluding hydrogens is 268 g/mol. The van der Waals surface area contributed by atoms with Crippen LogP contribution >= 0.6 is 0 Å². The van der Waals surface area contributed by atoms with Crippen LogP contribution in [0, 0.1) is 11.3 Å². The highest BCUT2D eigenvalue weighted by Crippen LogP contribution is 2.30. The van der Waals surface area contributed by atoms with Crippen molar-refractivity contribution in [3.05, 3.63) is 23.8 Å². The van der Waals surface area contributed by atoms with Crippen molar-refractivity contribution in [2.24, 2.45) is 0 Å². The maximum atomic E-state index is 11.3. The highest BCUT2D eigenvalue weighted by atomic mass is 32.2. The SMILES string of the molecule is N#CCS(=O)(=O)NCCc1ccc2c(c1)OCCO2. The molecule has 0 aromatic heterocycles. The molecule has 2 rings (SSSR count). The highest BCUT2D eigenvalue weighted by molar-refractivity contribution is 7.89. The minimum absolute atomic E-state index is 0.254. The topological polar surface area (TPSA) is 88.4 Å². The van der Waals surface area contributed by atoms with Gasteiger partial charge in [0.05, 0.1) is 6.07 Å². The fourth-order valence-electron chi connectivity index (χ4n) is 1.73. The van der Waals surface area contributed by atoms with E-state index in [-0.39, 0.29) is 6.54 Å². The molecule has 102 valence electrons. The second-order valence-electron chi connectivity index (χ2n) is 4.04. The fraction of sp³-hybridized carbons (Fsp3) is 0.417. The molecule has 0 aliphatic carbocycles. The first-order valence-corrected chi connectivity index (χ1v) is 7.49. The summed E-state index contributed by atoms with van der Waals surface area (Å²) in [6.45, 7) is 1.31. The highest BCUT2D eigenvalue weighted by Gasteiger charge is 2.12. The van der Waals surface area contributed by atoms with Gasteiger partial charge in [-0.2, -0.15) is 5.26 Å². The summed E-state index contributed by atoms with van der Waals surface area (Å²) >= 11 is 0. The van der Waals surface area contributed by atoms with Gasteiger partial charge in [0, 0.05) is 6.54 Å². The van der Waals surface area contributed by atoms with Crippen molar-refractivity contribution in [3.8, 4) is 17.6 Å². The van der Waals surface area contributed by atoms with Crippen molar-refractivity contribution < 1.29 is 17.9 Å². The fourth-order valence-corrected chi connectivity index (χ4v) is 2.42. The van der Waals surface area contributed by atoms with Gasteiger partial charge in [-0.15, -0.1) is 0 Å². The summed E-state index contributed by atoms with van der Waals surface area (Å²) in [5.41, 5.74) is 0.948. The van der Waals surface area contributed by atoms with Gasteiger partial charge in [-0.25, -0.2) is 13.1 Å². The number of nitrogens with zero attached hydrogens (tertiary/aromatic N) is 1. The van der Waals surface area contributed by atoms with E-state index >= 15 is 0 Å². The summed E-state index contributed by atoms with van der Waals surface area (Å²) in [4.78, 5) is 0. The summed E-state index contributed by atoms with van der Waals surface area (Å²) in [5, 5.41) is 8.35. The van der Waals surface area contributed by atoms with Crippen LogP contribution in [0.3, 0.4) is 0 Å². The van der Waals surface area contributed by atoms with Crippen LogP contribution in [0.1, 0.15) is 5.56 Å². The summed E-state index contributed by atoms with van der Waals surface area (Å²) < 4.78 is 35.8. The average molecular weight is 282 g/mol. The van der Waals surface area contributed by atoms with Gasteiger partial charge in [0.15, 0.2) is 17.3 Å². The Labute approximate surface area is 112 Å². The largest absolute Gasteiger partial charge is 0.486 e. The van der Waals surface area contributed by atoms with Crippen LogP contribution in [0.25, 0.3) is 0 Å². The first-order valence-electron chi connectivity index (χ1n) is 5.83. The van der Waals surface area contributed by atoms with Gasteiger partial charge < -0.3 is 9.47 Å². The smallest absolute Gasteiger partial charge is 0.225 e. The van der Waals surface area contributed by atoms with Crippen molar-refractivity contribution in [2.75, 3.05) is 25.5 Å². The molecule has 7 heteroatoms. The lowest BCUT2D eigenvalue weighted by atomic mass is 10.1. The molecule has 0 saturated heterocycles. The van der Waals surface area contributed by atoms with Gasteiger partial charge in [0.25, 0.3) is 0 Å². The Bertz CT molecular complexity index is 592. The molecule has 1 aliphatic heterocycles. The number of hydrogen-bond acceptors (Lipinski definition) is 5. The molecule has 0 unspecified atom stereocenters. The van der Waals surface area contributed by atoms with Crippen LogP contribution in [-0.2, 0) is 16.4 Å². The van der Waals surface area contributed by atoms with Gasteiger partial charge in [-0.05, 0) is 24.1 Å². The predicted molar refractivity (Wildman–Crippen MR) is 68.5 cm³/mol. The Balaban J connectivity index is 1.92. The lowest BCUT2D eigenvalue weighted by Gasteiger charge is -2.18. The number of benzene rings is 1. The van der Waals surface area contributed by atoms with E-state index in [1.807, 2.05) is 18.2 Å². The van der Waals surface area contributed by atoms with Gasteiger partial charge in [-0.1, -0.05) is 6.07 Å². The summed E-state index contributed by atoms with van der Waals surface area (Å²) in [6.07, 6.45) is 0.529. The molecule has 6 nitrogen and oxygen atoms in total. The van der Waals surface area contributed by atoms with Crippen LogP contribution in [0.4, 0.5) is 0 Å². The quantitative estimate of drug-likeness (QED) is 0.846. The molecule has 0 radical (unpaired) electrons. The van der Waals surface area contributed by atoms with E-state index in [0.29, 0.717) is 31.1 Å². The van der Waals surface area contributed by atoms with Gasteiger partial charge in [-0.3, -0.25) is 0 Å². The van der Waals surface area contributed by atoms with Crippen LogP contribution in [0.5, 0.6) is 11.5 Å². The zero-order chi connectivity index (χ0) is 13.7. The molecule has 1 heterocycles. The Morgan fingerprint density at radius 1 is 1.26 bits per heavy atom. The van der Waals surface area contributed by atoms with Crippen molar-refractivity contribution in [3.63, 3.8) is 0 Å². The monoisotopic (exact) mass is 282 g/mol. The van der Waals surface area contributed by atoms with E-state index in [1.54, 1.807) is 6.07 Å². The predicted octanol–water partition coefficient (Wildman–Crippen LogP) is 0.443. The maximum Gasteiger partial charge on any atom is 0.225 e. The maximum absolute atomic E-state index is 11.3. The molecule has 1 N–H and O–H groups in total. The van der Waals surface area contributed by atoms with Gasteiger partial charge in [0.1, 0.15) is 13.2 Å². The third-order valence-corrected chi connectivity index (χ3v) is 3.75. The normalized spacial score (nSPS) is 13.8. The number of ether oxygens (including phenoxy) is 2. The number of nitrogens with one attached hydrogen (secondary N) is 1. The third kappa shape index (κ3) is 3.84. The number of rotatable bonds is 5. The lowest BCUT2D eigenvalue weighted by molar-refractivity contribution is 0.171. The van der Waals surface area contributed by atoms with E-state index < -0.39 is 15.8 Å². The van der Waals surface area contributed by atoms with E-state index in [9.17, 15) is 8.42 Å². The van der Waals surface area contributed by atoms with E-state index in [0.717, 1.165) is 5.56 Å². The second kappa shape index (κ2) is 5.91. The molecule has 0 atom stereocenters. The molecule has 19 heavy (non-hydrogen) atoms. The standard InChI is InChI=1S/C12H14N2O4S/c13-4-8-19(15,16)14-5-3-10-1-2-11-12(9-10)18-7-6-17-11/h1-2,9,14H,3,5-8H2. The van der Waals surface area contributed by atoms with Crippen molar-refractivity contribution in [2.45, 2.75) is 6.42 Å². The third-order valence-electron chi connectivity index (χ3n) is 2.60. The Morgan fingerprint density at radius 2 is 2.00 bits per heavy atom. The second-order valence-corrected chi connectivity index (χ2v) is 5.85. The Morgan fingerprint density at radius 3 is 2.74 bits per heavy atom. The average Bonchev–Trinajstić information content (AvgIpc) is 2.38. The van der Waals surface area contributed by atoms with Gasteiger partial charge >= 0.3 is 0 Å². The van der Waals surface area contributed by atoms with Gasteiger partial charge in [0.2, 0.25) is 10.0 Å². The molecular formula is C12H14N2O4S. The van der Waals surface area contributed by atoms with E-state index in [1.165, 1.54) is 0 Å². The first-order chi connectivity index (χ1) is 9.11. The van der Waals surface area contributed by atoms with Crippen molar-refractivity contribution in [1.29, 1.82) is 5.26 Å². The summed E-state index contributed by atoms with van der Waals surface area (Å²) in [7, 11) is -3.49. The van der Waals surface area contributed by atoms with Crippen molar-refractivity contribution in [1.82, 2.24) is 4.72 Å². The molecule has 0 bridgehead atoms. The molecule has 0 spiro atoms. The zero-order valence-electron chi connectivity index (χ0n) is 10.3. The number of hydrogen-bond donors (Lipinski definition) is 1. The molecule has 1 aromatic rings. The Kier molecular flexibility index (Phi) is 4.24. The molecule has 1 aliphatic rings. The Hall–Kier alpha value is -1.78. The number of fused-ring (bicyclic) bond motifs is 1. The molecule has 0 fully saturated rings. The minimum Gasteiger partial charge on any atom is -0.486 e. The van der Waals surface area contributed by atoms with Crippen LogP contribution < -0.4 is 14.2 Å². The molecule has 0 amide bonds.